The monoisotopic (exact) mass is 270 g/mol. The van der Waals surface area contributed by atoms with Gasteiger partial charge in [0, 0.05) is 12.3 Å². The zero-order valence-corrected chi connectivity index (χ0v) is 9.64. The zero-order valence-electron chi connectivity index (χ0n) is 8.00. The predicted molar refractivity (Wildman–Crippen MR) is 59.6 cm³/mol. The molecule has 0 aliphatic carbocycles. The quantitative estimate of drug-likeness (QED) is 0.825. The number of amides is 1. The second-order valence-corrected chi connectivity index (χ2v) is 4.83. The number of hydrogen-bond donors (Lipinski definition) is 2. The van der Waals surface area contributed by atoms with E-state index >= 15 is 0 Å². The summed E-state index contributed by atoms with van der Waals surface area (Å²) in [6.07, 6.45) is 0. The lowest BCUT2D eigenvalue weighted by molar-refractivity contribution is -0.0327. The van der Waals surface area contributed by atoms with E-state index in [1.807, 2.05) is 0 Å². The van der Waals surface area contributed by atoms with Crippen LogP contribution < -0.4 is 11.1 Å². The van der Waals surface area contributed by atoms with Crippen molar-refractivity contribution in [3.05, 3.63) is 16.3 Å². The van der Waals surface area contributed by atoms with Gasteiger partial charge in [-0.15, -0.1) is 11.3 Å². The van der Waals surface area contributed by atoms with Gasteiger partial charge < -0.3 is 11.1 Å². The molecule has 0 unspecified atom stereocenters. The summed E-state index contributed by atoms with van der Waals surface area (Å²) in [5.74, 6) is -0.643. The fourth-order valence-electron chi connectivity index (χ4n) is 0.915. The van der Waals surface area contributed by atoms with Crippen molar-refractivity contribution in [3.63, 3.8) is 0 Å². The van der Waals surface area contributed by atoms with Crippen LogP contribution in [0, 0.1) is 0 Å². The van der Waals surface area contributed by atoms with Crippen molar-refractivity contribution in [2.45, 2.75) is 5.51 Å². The highest BCUT2D eigenvalue weighted by molar-refractivity contribution is 8.00. The summed E-state index contributed by atoms with van der Waals surface area (Å²) in [4.78, 5) is 11.7. The molecule has 0 aliphatic rings. The van der Waals surface area contributed by atoms with Crippen molar-refractivity contribution in [2.24, 2.45) is 0 Å². The molecule has 0 saturated heterocycles. The highest BCUT2D eigenvalue weighted by Crippen LogP contribution is 2.29. The summed E-state index contributed by atoms with van der Waals surface area (Å²) in [6.45, 7) is -0.0413. The lowest BCUT2D eigenvalue weighted by Gasteiger charge is -2.06. The number of thioether (sulfide) groups is 1. The van der Waals surface area contributed by atoms with Crippen LogP contribution in [0.4, 0.5) is 18.9 Å². The first-order valence-corrected chi connectivity index (χ1v) is 6.08. The number of hydrogen-bond acceptors (Lipinski definition) is 4. The van der Waals surface area contributed by atoms with Crippen LogP contribution >= 0.6 is 23.1 Å². The molecule has 1 aromatic rings. The Morgan fingerprint density at radius 1 is 1.56 bits per heavy atom. The summed E-state index contributed by atoms with van der Waals surface area (Å²) >= 11 is 0.990. The SMILES string of the molecule is Nc1ccsc1C(=O)NCCSC(F)(F)F. The molecule has 16 heavy (non-hydrogen) atoms. The lowest BCUT2D eigenvalue weighted by Crippen LogP contribution is -2.26. The molecule has 90 valence electrons. The van der Waals surface area contributed by atoms with E-state index in [0.717, 1.165) is 11.3 Å². The van der Waals surface area contributed by atoms with Gasteiger partial charge in [-0.1, -0.05) is 0 Å². The van der Waals surface area contributed by atoms with E-state index in [4.69, 9.17) is 5.73 Å². The van der Waals surface area contributed by atoms with E-state index in [0.29, 0.717) is 10.6 Å². The van der Waals surface area contributed by atoms with E-state index in [9.17, 15) is 18.0 Å². The van der Waals surface area contributed by atoms with Gasteiger partial charge >= 0.3 is 5.51 Å². The molecule has 0 aliphatic heterocycles. The van der Waals surface area contributed by atoms with Gasteiger partial charge in [0.2, 0.25) is 0 Å². The van der Waals surface area contributed by atoms with Crippen LogP contribution in [0.15, 0.2) is 11.4 Å². The molecule has 3 N–H and O–H groups in total. The summed E-state index contributed by atoms with van der Waals surface area (Å²) < 4.78 is 35.2. The van der Waals surface area contributed by atoms with Gasteiger partial charge in [-0.2, -0.15) is 13.2 Å². The van der Waals surface area contributed by atoms with Crippen molar-refractivity contribution in [1.82, 2.24) is 5.32 Å². The van der Waals surface area contributed by atoms with E-state index < -0.39 is 11.4 Å². The third-order valence-corrected chi connectivity index (χ3v) is 3.22. The van der Waals surface area contributed by atoms with Crippen LogP contribution in [-0.4, -0.2) is 23.7 Å². The van der Waals surface area contributed by atoms with E-state index in [1.165, 1.54) is 0 Å². The summed E-state index contributed by atoms with van der Waals surface area (Å²) in [5.41, 5.74) is 1.56. The predicted octanol–water partition coefficient (Wildman–Crippen LogP) is 2.31. The molecule has 8 heteroatoms. The van der Waals surface area contributed by atoms with E-state index in [2.05, 4.69) is 5.32 Å². The van der Waals surface area contributed by atoms with Gasteiger partial charge in [-0.25, -0.2) is 0 Å². The van der Waals surface area contributed by atoms with Gasteiger partial charge in [0.15, 0.2) is 0 Å². The van der Waals surface area contributed by atoms with Crippen LogP contribution in [0.5, 0.6) is 0 Å². The average Bonchev–Trinajstić information content (AvgIpc) is 2.57. The van der Waals surface area contributed by atoms with Crippen LogP contribution in [0.25, 0.3) is 0 Å². The molecule has 1 heterocycles. The standard InChI is InChI=1S/C8H9F3N2OS2/c9-8(10,11)16-4-2-13-7(14)6-5(12)1-3-15-6/h1,3H,2,4,12H2,(H,13,14). The average molecular weight is 270 g/mol. The second-order valence-electron chi connectivity index (χ2n) is 2.76. The Bertz CT molecular complexity index is 364. The molecule has 0 bridgehead atoms. The van der Waals surface area contributed by atoms with Crippen LogP contribution in [0.2, 0.25) is 0 Å². The fraction of sp³-hybridized carbons (Fsp3) is 0.375. The minimum atomic E-state index is -4.26. The number of rotatable bonds is 4. The third kappa shape index (κ3) is 4.31. The molecule has 3 nitrogen and oxygen atoms in total. The molecule has 0 radical (unpaired) electrons. The minimum absolute atomic E-state index is 0.0413. The number of anilines is 1. The van der Waals surface area contributed by atoms with Crippen molar-refractivity contribution >= 4 is 34.7 Å². The van der Waals surface area contributed by atoms with Gasteiger partial charge in [0.25, 0.3) is 5.91 Å². The Morgan fingerprint density at radius 2 is 2.25 bits per heavy atom. The molecule has 1 amide bonds. The van der Waals surface area contributed by atoms with Gasteiger partial charge in [0.05, 0.1) is 5.69 Å². The number of halogens is 3. The maximum absolute atomic E-state index is 11.7. The number of nitrogens with two attached hydrogens (primary N) is 1. The highest BCUT2D eigenvalue weighted by atomic mass is 32.2. The van der Waals surface area contributed by atoms with Crippen molar-refractivity contribution in [2.75, 3.05) is 18.0 Å². The molecular weight excluding hydrogens is 261 g/mol. The van der Waals surface area contributed by atoms with Crippen molar-refractivity contribution in [3.8, 4) is 0 Å². The summed E-state index contributed by atoms with van der Waals surface area (Å²) in [5, 5.41) is 4.02. The molecular formula is C8H9F3N2OS2. The Kier molecular flexibility index (Phi) is 4.48. The number of nitrogens with one attached hydrogen (secondary N) is 1. The van der Waals surface area contributed by atoms with E-state index in [1.54, 1.807) is 11.4 Å². The van der Waals surface area contributed by atoms with Crippen LogP contribution in [0.1, 0.15) is 9.67 Å². The smallest absolute Gasteiger partial charge is 0.397 e. The third-order valence-electron chi connectivity index (χ3n) is 1.56. The highest BCUT2D eigenvalue weighted by Gasteiger charge is 2.27. The van der Waals surface area contributed by atoms with Crippen molar-refractivity contribution in [1.29, 1.82) is 0 Å². The topological polar surface area (TPSA) is 55.1 Å². The molecule has 1 aromatic heterocycles. The number of carbonyl (C=O) groups is 1. The molecule has 0 fully saturated rings. The first-order chi connectivity index (χ1) is 7.40. The fourth-order valence-corrected chi connectivity index (χ4v) is 2.08. The first kappa shape index (κ1) is 13.2. The lowest BCUT2D eigenvalue weighted by atomic mass is 10.4. The minimum Gasteiger partial charge on any atom is -0.397 e. The van der Waals surface area contributed by atoms with Gasteiger partial charge in [-0.05, 0) is 23.2 Å². The van der Waals surface area contributed by atoms with Gasteiger partial charge in [-0.3, -0.25) is 4.79 Å². The summed E-state index contributed by atoms with van der Waals surface area (Å²) in [7, 11) is 0. The molecule has 0 saturated carbocycles. The van der Waals surface area contributed by atoms with Crippen molar-refractivity contribution < 1.29 is 18.0 Å². The first-order valence-electron chi connectivity index (χ1n) is 4.22. The molecule has 0 aromatic carbocycles. The van der Waals surface area contributed by atoms with Crippen LogP contribution in [-0.2, 0) is 0 Å². The second kappa shape index (κ2) is 5.44. The Hall–Kier alpha value is -0.890. The number of carbonyl (C=O) groups excluding carboxylic acids is 1. The maximum Gasteiger partial charge on any atom is 0.441 e. The normalized spacial score (nSPS) is 11.4. The Balaban J connectivity index is 2.29. The molecule has 0 spiro atoms. The number of nitrogen functional groups attached to an aromatic ring is 1. The molecule has 0 atom stereocenters. The van der Waals surface area contributed by atoms with Crippen LogP contribution in [0.3, 0.4) is 0 Å². The number of thiophene rings is 1. The Morgan fingerprint density at radius 3 is 2.75 bits per heavy atom. The molecule has 1 rings (SSSR count). The largest absolute Gasteiger partial charge is 0.441 e. The number of alkyl halides is 3. The van der Waals surface area contributed by atoms with Gasteiger partial charge in [0.1, 0.15) is 4.88 Å². The maximum atomic E-state index is 11.7. The zero-order chi connectivity index (χ0) is 12.2. The summed E-state index contributed by atoms with van der Waals surface area (Å²) in [6, 6.07) is 1.57. The Labute approximate surface area is 98.2 Å². The van der Waals surface area contributed by atoms with E-state index in [-0.39, 0.29) is 24.1 Å².